The average Bonchev–Trinajstić information content (AvgIpc) is 2.32. The highest BCUT2D eigenvalue weighted by molar-refractivity contribution is 7.90. The summed E-state index contributed by atoms with van der Waals surface area (Å²) in [6.45, 7) is 0. The lowest BCUT2D eigenvalue weighted by atomic mass is 10.2. The summed E-state index contributed by atoms with van der Waals surface area (Å²) < 4.78 is 26.4. The predicted octanol–water partition coefficient (Wildman–Crippen LogP) is 0.324. The maximum atomic E-state index is 10.8. The van der Waals surface area contributed by atoms with Crippen molar-refractivity contribution >= 4 is 9.84 Å². The third kappa shape index (κ3) is 2.67. The second-order valence-electron chi connectivity index (χ2n) is 2.76. The number of hydrogen-bond donors (Lipinski definition) is 1. The van der Waals surface area contributed by atoms with Gasteiger partial charge in [0.05, 0.1) is 18.3 Å². The summed E-state index contributed by atoms with van der Waals surface area (Å²) in [6.07, 6.45) is 4.08. The van der Waals surface area contributed by atoms with Crippen LogP contribution in [-0.2, 0) is 9.84 Å². The highest BCUT2D eigenvalue weighted by Crippen LogP contribution is 2.11. The molecule has 1 unspecified atom stereocenters. The van der Waals surface area contributed by atoms with Crippen molar-refractivity contribution in [1.82, 2.24) is 0 Å². The van der Waals surface area contributed by atoms with Crippen LogP contribution in [0.5, 0.6) is 0 Å². The lowest BCUT2D eigenvalue weighted by Gasteiger charge is -2.06. The Morgan fingerprint density at radius 1 is 1.67 bits per heavy atom. The van der Waals surface area contributed by atoms with Crippen LogP contribution in [-0.4, -0.2) is 20.4 Å². The smallest absolute Gasteiger partial charge is 0.149 e. The van der Waals surface area contributed by atoms with Crippen molar-refractivity contribution < 1.29 is 12.8 Å². The molecule has 0 saturated heterocycles. The van der Waals surface area contributed by atoms with Crippen molar-refractivity contribution in [2.45, 2.75) is 6.04 Å². The lowest BCUT2D eigenvalue weighted by molar-refractivity contribution is 0.559. The molecule has 0 saturated carbocycles. The van der Waals surface area contributed by atoms with E-state index in [0.29, 0.717) is 5.56 Å². The number of furan rings is 1. The zero-order chi connectivity index (χ0) is 9.19. The fourth-order valence-electron chi connectivity index (χ4n) is 0.908. The number of nitrogens with two attached hydrogens (primary N) is 1. The van der Waals surface area contributed by atoms with Gasteiger partial charge in [0.25, 0.3) is 0 Å². The predicted molar refractivity (Wildman–Crippen MR) is 45.3 cm³/mol. The molecule has 4 nitrogen and oxygen atoms in total. The van der Waals surface area contributed by atoms with Gasteiger partial charge in [0.15, 0.2) is 0 Å². The molecular formula is C7H11NO3S. The van der Waals surface area contributed by atoms with E-state index in [-0.39, 0.29) is 5.75 Å². The van der Waals surface area contributed by atoms with Crippen LogP contribution in [0.15, 0.2) is 23.0 Å². The van der Waals surface area contributed by atoms with Crippen molar-refractivity contribution in [3.8, 4) is 0 Å². The van der Waals surface area contributed by atoms with Gasteiger partial charge in [-0.3, -0.25) is 0 Å². The summed E-state index contributed by atoms with van der Waals surface area (Å²) in [5.74, 6) is -0.0491. The van der Waals surface area contributed by atoms with Gasteiger partial charge in [-0.15, -0.1) is 0 Å². The topological polar surface area (TPSA) is 73.3 Å². The van der Waals surface area contributed by atoms with Gasteiger partial charge >= 0.3 is 0 Å². The fraction of sp³-hybridized carbons (Fsp3) is 0.429. The van der Waals surface area contributed by atoms with E-state index >= 15 is 0 Å². The van der Waals surface area contributed by atoms with Crippen molar-refractivity contribution in [1.29, 1.82) is 0 Å². The van der Waals surface area contributed by atoms with Gasteiger partial charge in [0.2, 0.25) is 0 Å². The monoisotopic (exact) mass is 189 g/mol. The first-order valence-corrected chi connectivity index (χ1v) is 5.50. The van der Waals surface area contributed by atoms with Crippen molar-refractivity contribution in [2.24, 2.45) is 5.73 Å². The molecule has 2 N–H and O–H groups in total. The first kappa shape index (κ1) is 9.28. The zero-order valence-electron chi connectivity index (χ0n) is 6.73. The minimum absolute atomic E-state index is 0.0491. The molecule has 0 aliphatic carbocycles. The Kier molecular flexibility index (Phi) is 2.54. The molecule has 1 rings (SSSR count). The summed E-state index contributed by atoms with van der Waals surface area (Å²) in [6, 6.07) is 1.18. The molecule has 0 radical (unpaired) electrons. The van der Waals surface area contributed by atoms with E-state index in [9.17, 15) is 8.42 Å². The second kappa shape index (κ2) is 3.28. The van der Waals surface area contributed by atoms with Crippen molar-refractivity contribution in [3.05, 3.63) is 24.2 Å². The first-order chi connectivity index (χ1) is 5.49. The summed E-state index contributed by atoms with van der Waals surface area (Å²) in [5.41, 5.74) is 6.30. The quantitative estimate of drug-likeness (QED) is 0.743. The zero-order valence-corrected chi connectivity index (χ0v) is 7.54. The average molecular weight is 189 g/mol. The molecule has 0 aromatic carbocycles. The Labute approximate surface area is 71.3 Å². The van der Waals surface area contributed by atoms with Crippen molar-refractivity contribution in [2.75, 3.05) is 12.0 Å². The number of rotatable bonds is 3. The van der Waals surface area contributed by atoms with Crippen LogP contribution in [0.25, 0.3) is 0 Å². The van der Waals surface area contributed by atoms with Crippen LogP contribution in [0.2, 0.25) is 0 Å². The van der Waals surface area contributed by atoms with E-state index < -0.39 is 15.9 Å². The van der Waals surface area contributed by atoms with Gasteiger partial charge < -0.3 is 10.2 Å². The van der Waals surface area contributed by atoms with Crippen LogP contribution < -0.4 is 5.73 Å². The molecular weight excluding hydrogens is 178 g/mol. The molecule has 5 heteroatoms. The number of sulfone groups is 1. The van der Waals surface area contributed by atoms with E-state index in [1.807, 2.05) is 0 Å². The molecule has 68 valence electrons. The Bertz CT molecular complexity index is 328. The second-order valence-corrected chi connectivity index (χ2v) is 4.94. The van der Waals surface area contributed by atoms with Crippen molar-refractivity contribution in [3.63, 3.8) is 0 Å². The van der Waals surface area contributed by atoms with E-state index in [0.717, 1.165) is 6.26 Å². The van der Waals surface area contributed by atoms with Gasteiger partial charge in [-0.25, -0.2) is 8.42 Å². The maximum absolute atomic E-state index is 10.8. The van der Waals surface area contributed by atoms with E-state index in [4.69, 9.17) is 10.2 Å². The van der Waals surface area contributed by atoms with Crippen LogP contribution in [0, 0.1) is 0 Å². The van der Waals surface area contributed by atoms with E-state index in [2.05, 4.69) is 0 Å². The minimum Gasteiger partial charge on any atom is -0.472 e. The Morgan fingerprint density at radius 2 is 2.33 bits per heavy atom. The molecule has 0 amide bonds. The van der Waals surface area contributed by atoms with Gasteiger partial charge in [0, 0.05) is 17.9 Å². The van der Waals surface area contributed by atoms with Crippen LogP contribution >= 0.6 is 0 Å². The SMILES string of the molecule is CS(=O)(=O)CC(N)c1ccoc1. The Balaban J connectivity index is 2.68. The van der Waals surface area contributed by atoms with E-state index in [1.165, 1.54) is 12.5 Å². The lowest BCUT2D eigenvalue weighted by Crippen LogP contribution is -2.20. The summed E-state index contributed by atoms with van der Waals surface area (Å²) >= 11 is 0. The van der Waals surface area contributed by atoms with Gasteiger partial charge in [-0.2, -0.15) is 0 Å². The maximum Gasteiger partial charge on any atom is 0.149 e. The Hall–Kier alpha value is -0.810. The fourth-order valence-corrected chi connectivity index (χ4v) is 1.75. The molecule has 0 aliphatic rings. The molecule has 1 atom stereocenters. The largest absolute Gasteiger partial charge is 0.472 e. The molecule has 12 heavy (non-hydrogen) atoms. The minimum atomic E-state index is -3.02. The summed E-state index contributed by atoms with van der Waals surface area (Å²) in [5, 5.41) is 0. The molecule has 0 spiro atoms. The normalized spacial score (nSPS) is 14.5. The highest BCUT2D eigenvalue weighted by Gasteiger charge is 2.13. The van der Waals surface area contributed by atoms with Gasteiger partial charge in [-0.05, 0) is 6.07 Å². The van der Waals surface area contributed by atoms with Gasteiger partial charge in [-0.1, -0.05) is 0 Å². The van der Waals surface area contributed by atoms with Crippen LogP contribution in [0.3, 0.4) is 0 Å². The van der Waals surface area contributed by atoms with Crippen LogP contribution in [0.4, 0.5) is 0 Å². The van der Waals surface area contributed by atoms with Crippen LogP contribution in [0.1, 0.15) is 11.6 Å². The molecule has 1 heterocycles. The highest BCUT2D eigenvalue weighted by atomic mass is 32.2. The Morgan fingerprint density at radius 3 is 2.75 bits per heavy atom. The third-order valence-corrected chi connectivity index (χ3v) is 2.42. The third-order valence-electron chi connectivity index (χ3n) is 1.45. The molecule has 1 aromatic rings. The molecule has 1 aromatic heterocycles. The number of hydrogen-bond acceptors (Lipinski definition) is 4. The van der Waals surface area contributed by atoms with Gasteiger partial charge in [0.1, 0.15) is 9.84 Å². The molecule has 0 bridgehead atoms. The molecule has 0 aliphatic heterocycles. The standard InChI is InChI=1S/C7H11NO3S/c1-12(9,10)5-7(8)6-2-3-11-4-6/h2-4,7H,5,8H2,1H3. The van der Waals surface area contributed by atoms with E-state index in [1.54, 1.807) is 6.07 Å². The first-order valence-electron chi connectivity index (χ1n) is 3.44. The molecule has 0 fully saturated rings. The summed E-state index contributed by atoms with van der Waals surface area (Å²) in [7, 11) is -3.02. The summed E-state index contributed by atoms with van der Waals surface area (Å²) in [4.78, 5) is 0.